The normalized spacial score (nSPS) is 9.83. The van der Waals surface area contributed by atoms with Crippen molar-refractivity contribution in [3.8, 4) is 17.6 Å². The first-order valence-electron chi connectivity index (χ1n) is 5.73. The fraction of sp³-hybridized carbons (Fsp3) is 0.214. The van der Waals surface area contributed by atoms with E-state index in [4.69, 9.17) is 10.00 Å². The van der Waals surface area contributed by atoms with Gasteiger partial charge in [-0.1, -0.05) is 6.92 Å². The molecule has 0 atom stereocenters. The van der Waals surface area contributed by atoms with Crippen LogP contribution in [0, 0.1) is 18.3 Å². The topological polar surface area (TPSA) is 58.8 Å². The van der Waals surface area contributed by atoms with Crippen molar-refractivity contribution in [1.82, 2.24) is 9.97 Å². The van der Waals surface area contributed by atoms with Crippen molar-refractivity contribution in [1.29, 1.82) is 5.26 Å². The van der Waals surface area contributed by atoms with E-state index in [-0.39, 0.29) is 0 Å². The van der Waals surface area contributed by atoms with Crippen LogP contribution in [0.1, 0.15) is 24.0 Å². The lowest BCUT2D eigenvalue weighted by atomic mass is 10.2. The fourth-order valence-corrected chi connectivity index (χ4v) is 1.58. The van der Waals surface area contributed by atoms with Gasteiger partial charge in [0.2, 0.25) is 0 Å². The molecule has 0 bridgehead atoms. The molecule has 0 aromatic carbocycles. The number of nitrogens with zero attached hydrogens (tertiary/aromatic N) is 3. The van der Waals surface area contributed by atoms with Crippen LogP contribution in [-0.2, 0) is 6.42 Å². The number of aryl methyl sites for hydroxylation is 2. The Kier molecular flexibility index (Phi) is 3.54. The van der Waals surface area contributed by atoms with Crippen LogP contribution in [-0.4, -0.2) is 9.97 Å². The zero-order valence-electron chi connectivity index (χ0n) is 10.3. The minimum atomic E-state index is 0.375. The molecule has 2 aromatic heterocycles. The molecule has 0 spiro atoms. The van der Waals surface area contributed by atoms with Gasteiger partial charge in [0.25, 0.3) is 0 Å². The minimum absolute atomic E-state index is 0.375. The zero-order valence-corrected chi connectivity index (χ0v) is 10.3. The van der Waals surface area contributed by atoms with Gasteiger partial charge in [0.15, 0.2) is 0 Å². The van der Waals surface area contributed by atoms with Gasteiger partial charge in [0, 0.05) is 5.69 Å². The van der Waals surface area contributed by atoms with E-state index >= 15 is 0 Å². The average molecular weight is 239 g/mol. The predicted molar refractivity (Wildman–Crippen MR) is 67.4 cm³/mol. The van der Waals surface area contributed by atoms with Gasteiger partial charge < -0.3 is 4.74 Å². The Labute approximate surface area is 106 Å². The van der Waals surface area contributed by atoms with Crippen LogP contribution in [0.4, 0.5) is 0 Å². The lowest BCUT2D eigenvalue weighted by Crippen LogP contribution is -1.96. The maximum absolute atomic E-state index is 8.67. The summed E-state index contributed by atoms with van der Waals surface area (Å²) in [5.74, 6) is 1.34. The fourth-order valence-electron chi connectivity index (χ4n) is 1.58. The van der Waals surface area contributed by atoms with E-state index < -0.39 is 0 Å². The highest BCUT2D eigenvalue weighted by Gasteiger charge is 2.05. The standard InChI is InChI=1S/C14H13N3O/c1-3-13-14(7-4-10(2)17-13)18-12-6-5-11(8-15)16-9-12/h4-7,9H,3H2,1-2H3. The number of hydrogen-bond donors (Lipinski definition) is 0. The van der Waals surface area contributed by atoms with Gasteiger partial charge in [-0.2, -0.15) is 5.26 Å². The van der Waals surface area contributed by atoms with Crippen LogP contribution in [0.5, 0.6) is 11.5 Å². The molecule has 0 saturated heterocycles. The first-order chi connectivity index (χ1) is 8.72. The molecule has 18 heavy (non-hydrogen) atoms. The summed E-state index contributed by atoms with van der Waals surface area (Å²) in [4.78, 5) is 8.38. The summed E-state index contributed by atoms with van der Waals surface area (Å²) in [7, 11) is 0. The number of pyridine rings is 2. The maximum Gasteiger partial charge on any atom is 0.148 e. The van der Waals surface area contributed by atoms with Gasteiger partial charge in [-0.25, -0.2) is 4.98 Å². The molecule has 0 saturated carbocycles. The van der Waals surface area contributed by atoms with Crippen molar-refractivity contribution < 1.29 is 4.74 Å². The molecule has 0 N–H and O–H groups in total. The molecule has 0 unspecified atom stereocenters. The quantitative estimate of drug-likeness (QED) is 0.826. The van der Waals surface area contributed by atoms with Gasteiger partial charge in [0.05, 0.1) is 11.9 Å². The van der Waals surface area contributed by atoms with Crippen LogP contribution >= 0.6 is 0 Å². The van der Waals surface area contributed by atoms with E-state index in [1.54, 1.807) is 12.1 Å². The molecule has 90 valence electrons. The number of ether oxygens (including phenoxy) is 1. The summed E-state index contributed by atoms with van der Waals surface area (Å²) in [6.07, 6.45) is 2.35. The highest BCUT2D eigenvalue weighted by atomic mass is 16.5. The first-order valence-corrected chi connectivity index (χ1v) is 5.73. The molecule has 2 heterocycles. The first kappa shape index (κ1) is 12.1. The molecule has 0 aliphatic rings. The SMILES string of the molecule is CCc1nc(C)ccc1Oc1ccc(C#N)nc1. The third-order valence-corrected chi connectivity index (χ3v) is 2.49. The molecule has 4 heteroatoms. The van der Waals surface area contributed by atoms with E-state index in [9.17, 15) is 0 Å². The van der Waals surface area contributed by atoms with Crippen molar-refractivity contribution >= 4 is 0 Å². The smallest absolute Gasteiger partial charge is 0.148 e. The van der Waals surface area contributed by atoms with Crippen LogP contribution < -0.4 is 4.74 Å². The summed E-state index contributed by atoms with van der Waals surface area (Å²) in [5, 5.41) is 8.67. The third-order valence-electron chi connectivity index (χ3n) is 2.49. The number of hydrogen-bond acceptors (Lipinski definition) is 4. The van der Waals surface area contributed by atoms with E-state index in [0.29, 0.717) is 11.4 Å². The summed E-state index contributed by atoms with van der Waals surface area (Å²) in [6, 6.07) is 9.13. The third kappa shape index (κ3) is 2.64. The zero-order chi connectivity index (χ0) is 13.0. The van der Waals surface area contributed by atoms with Crippen molar-refractivity contribution in [3.63, 3.8) is 0 Å². The molecule has 0 aliphatic carbocycles. The van der Waals surface area contributed by atoms with Crippen molar-refractivity contribution in [2.24, 2.45) is 0 Å². The lowest BCUT2D eigenvalue weighted by Gasteiger charge is -2.09. The monoisotopic (exact) mass is 239 g/mol. The Morgan fingerprint density at radius 1 is 1.28 bits per heavy atom. The largest absolute Gasteiger partial charge is 0.454 e. The molecular weight excluding hydrogens is 226 g/mol. The molecule has 0 aliphatic heterocycles. The Bertz CT molecular complexity index is 585. The lowest BCUT2D eigenvalue weighted by molar-refractivity contribution is 0.470. The van der Waals surface area contributed by atoms with E-state index in [1.807, 2.05) is 32.0 Å². The maximum atomic E-state index is 8.67. The highest BCUT2D eigenvalue weighted by molar-refractivity contribution is 5.35. The van der Waals surface area contributed by atoms with Gasteiger partial charge in [-0.15, -0.1) is 0 Å². The molecular formula is C14H13N3O. The van der Waals surface area contributed by atoms with Crippen molar-refractivity contribution in [2.45, 2.75) is 20.3 Å². The molecule has 4 nitrogen and oxygen atoms in total. The van der Waals surface area contributed by atoms with Gasteiger partial charge in [0.1, 0.15) is 23.3 Å². The molecule has 0 amide bonds. The summed E-state index contributed by atoms with van der Waals surface area (Å²) in [6.45, 7) is 3.98. The van der Waals surface area contributed by atoms with E-state index in [2.05, 4.69) is 9.97 Å². The van der Waals surface area contributed by atoms with Gasteiger partial charge in [-0.3, -0.25) is 4.98 Å². The van der Waals surface area contributed by atoms with Crippen molar-refractivity contribution in [2.75, 3.05) is 0 Å². The van der Waals surface area contributed by atoms with Crippen LogP contribution in [0.25, 0.3) is 0 Å². The minimum Gasteiger partial charge on any atom is -0.454 e. The average Bonchev–Trinajstić information content (AvgIpc) is 2.41. The molecule has 2 rings (SSSR count). The van der Waals surface area contributed by atoms with Crippen LogP contribution in [0.2, 0.25) is 0 Å². The number of rotatable bonds is 3. The van der Waals surface area contributed by atoms with Crippen LogP contribution in [0.3, 0.4) is 0 Å². The second kappa shape index (κ2) is 5.28. The Morgan fingerprint density at radius 2 is 2.11 bits per heavy atom. The summed E-state index contributed by atoms with van der Waals surface area (Å²) in [5.41, 5.74) is 2.26. The van der Waals surface area contributed by atoms with Gasteiger partial charge in [-0.05, 0) is 37.6 Å². The molecule has 2 aromatic rings. The second-order valence-corrected chi connectivity index (χ2v) is 3.84. The second-order valence-electron chi connectivity index (χ2n) is 3.84. The Balaban J connectivity index is 2.25. The summed E-state index contributed by atoms with van der Waals surface area (Å²) >= 11 is 0. The molecule has 0 radical (unpaired) electrons. The van der Waals surface area contributed by atoms with Crippen LogP contribution in [0.15, 0.2) is 30.5 Å². The predicted octanol–water partition coefficient (Wildman–Crippen LogP) is 3.01. The van der Waals surface area contributed by atoms with E-state index in [1.165, 1.54) is 6.20 Å². The van der Waals surface area contributed by atoms with Crippen molar-refractivity contribution in [3.05, 3.63) is 47.5 Å². The Morgan fingerprint density at radius 3 is 2.72 bits per heavy atom. The summed E-state index contributed by atoms with van der Waals surface area (Å²) < 4.78 is 5.72. The van der Waals surface area contributed by atoms with Gasteiger partial charge >= 0.3 is 0 Å². The number of aromatic nitrogens is 2. The molecule has 0 fully saturated rings. The highest BCUT2D eigenvalue weighted by Crippen LogP contribution is 2.24. The Hall–Kier alpha value is -2.41. The van der Waals surface area contributed by atoms with E-state index in [0.717, 1.165) is 23.6 Å². The number of nitriles is 1.